The maximum Gasteiger partial charge on any atom is 0.425 e. The molecule has 0 radical (unpaired) electrons. The summed E-state index contributed by atoms with van der Waals surface area (Å²) >= 11 is 0. The van der Waals surface area contributed by atoms with Crippen LogP contribution in [0.15, 0.2) is 0 Å². The fourth-order valence-corrected chi connectivity index (χ4v) is 1.70. The summed E-state index contributed by atoms with van der Waals surface area (Å²) in [7, 11) is 0. The zero-order valence-corrected chi connectivity index (χ0v) is 12.8. The number of alkyl halides is 3. The average Bonchev–Trinajstić information content (AvgIpc) is 2.25. The normalized spacial score (nSPS) is 14.7. The van der Waals surface area contributed by atoms with Gasteiger partial charge in [0.15, 0.2) is 6.10 Å². The lowest BCUT2D eigenvalue weighted by Gasteiger charge is -2.16. The van der Waals surface area contributed by atoms with Gasteiger partial charge in [0.25, 0.3) is 0 Å². The molecule has 4 nitrogen and oxygen atoms in total. The van der Waals surface area contributed by atoms with Crippen molar-refractivity contribution in [2.45, 2.75) is 71.8 Å². The first-order valence-corrected chi connectivity index (χ1v) is 6.98. The Hall–Kier alpha value is -1.27. The molecule has 0 saturated carbocycles. The van der Waals surface area contributed by atoms with Crippen LogP contribution < -0.4 is 0 Å². The van der Waals surface area contributed by atoms with Crippen LogP contribution in [-0.4, -0.2) is 30.3 Å². The van der Waals surface area contributed by atoms with Gasteiger partial charge >= 0.3 is 18.1 Å². The molecule has 0 saturated heterocycles. The van der Waals surface area contributed by atoms with E-state index in [0.717, 1.165) is 13.3 Å². The van der Waals surface area contributed by atoms with E-state index in [1.165, 1.54) is 0 Å². The highest BCUT2D eigenvalue weighted by Gasteiger charge is 2.38. The zero-order chi connectivity index (χ0) is 16.6. The van der Waals surface area contributed by atoms with Crippen molar-refractivity contribution in [3.8, 4) is 0 Å². The van der Waals surface area contributed by atoms with Gasteiger partial charge in [0, 0.05) is 12.8 Å². The molecule has 0 heterocycles. The van der Waals surface area contributed by atoms with Gasteiger partial charge in [-0.2, -0.15) is 13.2 Å². The Morgan fingerprint density at radius 2 is 1.43 bits per heavy atom. The lowest BCUT2D eigenvalue weighted by Crippen LogP contribution is -2.30. The number of hydrogen-bond acceptors (Lipinski definition) is 4. The number of carbonyl (C=O) groups is 2. The van der Waals surface area contributed by atoms with Gasteiger partial charge in [-0.05, 0) is 32.6 Å². The maximum absolute atomic E-state index is 12.2. The van der Waals surface area contributed by atoms with Gasteiger partial charge in [0.1, 0.15) is 0 Å². The van der Waals surface area contributed by atoms with Gasteiger partial charge < -0.3 is 9.47 Å². The van der Waals surface area contributed by atoms with Crippen molar-refractivity contribution >= 4 is 11.9 Å². The highest BCUT2D eigenvalue weighted by molar-refractivity contribution is 5.72. The fourth-order valence-electron chi connectivity index (χ4n) is 1.70. The molecule has 0 fully saturated rings. The highest BCUT2D eigenvalue weighted by Crippen LogP contribution is 2.22. The van der Waals surface area contributed by atoms with Crippen LogP contribution in [0.2, 0.25) is 0 Å². The molecule has 0 rings (SSSR count). The van der Waals surface area contributed by atoms with Crippen LogP contribution in [-0.2, 0) is 19.1 Å². The Kier molecular flexibility index (Phi) is 8.36. The Balaban J connectivity index is 3.88. The minimum absolute atomic E-state index is 0.0159. The lowest BCUT2D eigenvalue weighted by atomic mass is 10.1. The Morgan fingerprint density at radius 3 is 1.86 bits per heavy atom. The molecule has 0 aliphatic carbocycles. The van der Waals surface area contributed by atoms with Crippen molar-refractivity contribution < 1.29 is 32.2 Å². The summed E-state index contributed by atoms with van der Waals surface area (Å²) in [6.07, 6.45) is -6.34. The van der Waals surface area contributed by atoms with E-state index in [-0.39, 0.29) is 25.4 Å². The van der Waals surface area contributed by atoms with Crippen LogP contribution in [0.5, 0.6) is 0 Å². The van der Waals surface area contributed by atoms with Crippen LogP contribution in [0.3, 0.4) is 0 Å². The molecule has 0 bridgehead atoms. The number of carbonyl (C=O) groups excluding carboxylic acids is 2. The summed E-state index contributed by atoms with van der Waals surface area (Å²) in [6.45, 7) is 6.54. The lowest BCUT2D eigenvalue weighted by molar-refractivity contribution is -0.216. The SMILES string of the molecule is CC(C)CC(C)OC(=O)CCCC(=O)OC(C)C(F)(F)F. The first-order valence-electron chi connectivity index (χ1n) is 6.98. The fraction of sp³-hybridized carbons (Fsp3) is 0.857. The maximum atomic E-state index is 12.2. The molecule has 2 unspecified atom stereocenters. The zero-order valence-electron chi connectivity index (χ0n) is 12.8. The third-order valence-corrected chi connectivity index (χ3v) is 2.67. The van der Waals surface area contributed by atoms with E-state index >= 15 is 0 Å². The first kappa shape index (κ1) is 19.7. The van der Waals surface area contributed by atoms with Crippen LogP contribution in [0.4, 0.5) is 13.2 Å². The van der Waals surface area contributed by atoms with Gasteiger partial charge in [0.2, 0.25) is 0 Å². The summed E-state index contributed by atoms with van der Waals surface area (Å²) in [4.78, 5) is 22.6. The van der Waals surface area contributed by atoms with Gasteiger partial charge in [-0.25, -0.2) is 0 Å². The molecule has 0 aliphatic rings. The number of rotatable bonds is 8. The summed E-state index contributed by atoms with van der Waals surface area (Å²) < 4.78 is 45.8. The second kappa shape index (κ2) is 8.89. The Labute approximate surface area is 123 Å². The van der Waals surface area contributed by atoms with Gasteiger partial charge in [-0.3, -0.25) is 9.59 Å². The molecule has 0 spiro atoms. The van der Waals surface area contributed by atoms with Crippen molar-refractivity contribution in [1.29, 1.82) is 0 Å². The largest absolute Gasteiger partial charge is 0.463 e. The third kappa shape index (κ3) is 10.1. The van der Waals surface area contributed by atoms with Crippen molar-refractivity contribution in [1.82, 2.24) is 0 Å². The summed E-state index contributed by atoms with van der Waals surface area (Å²) in [5, 5.41) is 0. The first-order chi connectivity index (χ1) is 9.52. The van der Waals surface area contributed by atoms with E-state index in [1.54, 1.807) is 6.92 Å². The molecular weight excluding hydrogens is 289 g/mol. The number of ether oxygens (including phenoxy) is 2. The Bertz CT molecular complexity index is 340. The van der Waals surface area contributed by atoms with Crippen LogP contribution in [0.1, 0.15) is 53.4 Å². The standard InChI is InChI=1S/C14H23F3O4/c1-9(2)8-10(3)20-12(18)6-5-7-13(19)21-11(4)14(15,16)17/h9-11H,5-8H2,1-4H3. The number of esters is 2. The van der Waals surface area contributed by atoms with Crippen molar-refractivity contribution in [2.75, 3.05) is 0 Å². The van der Waals surface area contributed by atoms with Crippen molar-refractivity contribution in [2.24, 2.45) is 5.92 Å². The predicted molar refractivity (Wildman–Crippen MR) is 70.5 cm³/mol. The van der Waals surface area contributed by atoms with E-state index in [2.05, 4.69) is 4.74 Å². The van der Waals surface area contributed by atoms with Crippen molar-refractivity contribution in [3.05, 3.63) is 0 Å². The molecule has 0 aromatic rings. The molecular formula is C14H23F3O4. The minimum atomic E-state index is -4.57. The Morgan fingerprint density at radius 1 is 0.952 bits per heavy atom. The molecule has 0 aliphatic heterocycles. The summed E-state index contributed by atoms with van der Waals surface area (Å²) in [5.41, 5.74) is 0. The molecule has 0 N–H and O–H groups in total. The molecule has 124 valence electrons. The van der Waals surface area contributed by atoms with E-state index in [0.29, 0.717) is 5.92 Å². The molecule has 21 heavy (non-hydrogen) atoms. The van der Waals surface area contributed by atoms with Gasteiger partial charge in [-0.15, -0.1) is 0 Å². The van der Waals surface area contributed by atoms with Crippen LogP contribution >= 0.6 is 0 Å². The predicted octanol–water partition coefficient (Wildman–Crippen LogP) is 3.63. The topological polar surface area (TPSA) is 52.6 Å². The van der Waals surface area contributed by atoms with E-state index in [4.69, 9.17) is 4.74 Å². The number of halogens is 3. The third-order valence-electron chi connectivity index (χ3n) is 2.67. The molecule has 0 aromatic heterocycles. The molecule has 7 heteroatoms. The van der Waals surface area contributed by atoms with E-state index in [1.807, 2.05) is 13.8 Å². The number of hydrogen-bond donors (Lipinski definition) is 0. The summed E-state index contributed by atoms with van der Waals surface area (Å²) in [6, 6.07) is 0. The van der Waals surface area contributed by atoms with E-state index < -0.39 is 24.2 Å². The average molecular weight is 312 g/mol. The monoisotopic (exact) mass is 312 g/mol. The van der Waals surface area contributed by atoms with Crippen LogP contribution in [0, 0.1) is 5.92 Å². The molecule has 2 atom stereocenters. The quantitative estimate of drug-likeness (QED) is 0.642. The second-order valence-corrected chi connectivity index (χ2v) is 5.46. The van der Waals surface area contributed by atoms with Gasteiger partial charge in [-0.1, -0.05) is 13.8 Å². The summed E-state index contributed by atoms with van der Waals surface area (Å²) in [5.74, 6) is -1.03. The smallest absolute Gasteiger partial charge is 0.425 e. The highest BCUT2D eigenvalue weighted by atomic mass is 19.4. The minimum Gasteiger partial charge on any atom is -0.463 e. The van der Waals surface area contributed by atoms with E-state index in [9.17, 15) is 22.8 Å². The van der Waals surface area contributed by atoms with Crippen LogP contribution in [0.25, 0.3) is 0 Å². The molecule has 0 amide bonds. The second-order valence-electron chi connectivity index (χ2n) is 5.46. The van der Waals surface area contributed by atoms with Gasteiger partial charge in [0.05, 0.1) is 6.10 Å². The van der Waals surface area contributed by atoms with Crippen molar-refractivity contribution in [3.63, 3.8) is 0 Å². The molecule has 0 aromatic carbocycles.